The first-order chi connectivity index (χ1) is 9.61. The van der Waals surface area contributed by atoms with E-state index in [0.717, 1.165) is 0 Å². The van der Waals surface area contributed by atoms with Gasteiger partial charge in [0.2, 0.25) is 0 Å². The summed E-state index contributed by atoms with van der Waals surface area (Å²) in [6, 6.07) is 19.1. The van der Waals surface area contributed by atoms with Gasteiger partial charge in [-0.05, 0) is 11.1 Å². The molecule has 0 aliphatic carbocycles. The molecular weight excluding hydrogens is 274 g/mol. The molecule has 0 amide bonds. The molecule has 0 saturated carbocycles. The van der Waals surface area contributed by atoms with E-state index >= 15 is 0 Å². The summed E-state index contributed by atoms with van der Waals surface area (Å²) in [5.74, 6) is -0.251. The van der Waals surface area contributed by atoms with E-state index in [0.29, 0.717) is 11.1 Å². The highest BCUT2D eigenvalue weighted by Crippen LogP contribution is 2.20. The van der Waals surface area contributed by atoms with Crippen LogP contribution in [0.1, 0.15) is 17.2 Å². The predicted octanol–water partition coefficient (Wildman–Crippen LogP) is 2.80. The summed E-state index contributed by atoms with van der Waals surface area (Å²) in [6.45, 7) is 0. The van der Waals surface area contributed by atoms with Gasteiger partial charge in [-0.2, -0.15) is 13.7 Å². The fourth-order valence-corrected chi connectivity index (χ4v) is 2.85. The van der Waals surface area contributed by atoms with E-state index in [-0.39, 0.29) is 5.75 Å². The Morgan fingerprint density at radius 1 is 1.00 bits per heavy atom. The minimum Gasteiger partial charge on any atom is -0.246 e. The minimum atomic E-state index is -3.82. The van der Waals surface area contributed by atoms with E-state index in [1.165, 1.54) is 0 Å². The summed E-state index contributed by atoms with van der Waals surface area (Å²) in [6.07, 6.45) is -1.12. The monoisotopic (exact) mass is 287 g/mol. The molecule has 0 heterocycles. The maximum absolute atomic E-state index is 12.0. The summed E-state index contributed by atoms with van der Waals surface area (Å²) in [7, 11) is -3.82. The fourth-order valence-electron chi connectivity index (χ4n) is 1.74. The average molecular weight is 287 g/mol. The van der Waals surface area contributed by atoms with E-state index < -0.39 is 16.2 Å². The number of hydrogen-bond acceptors (Lipinski definition) is 4. The van der Waals surface area contributed by atoms with Crippen molar-refractivity contribution < 1.29 is 12.6 Å². The number of hydrogen-bond donors (Lipinski definition) is 0. The molecule has 2 rings (SSSR count). The third-order valence-electron chi connectivity index (χ3n) is 2.65. The summed E-state index contributed by atoms with van der Waals surface area (Å²) < 4.78 is 28.9. The first-order valence-corrected chi connectivity index (χ1v) is 7.58. The molecular formula is C15H13NO3S. The van der Waals surface area contributed by atoms with Crippen molar-refractivity contribution in [2.45, 2.75) is 11.9 Å². The molecule has 20 heavy (non-hydrogen) atoms. The first kappa shape index (κ1) is 14.3. The highest BCUT2D eigenvalue weighted by Gasteiger charge is 2.21. The maximum Gasteiger partial charge on any atom is 0.273 e. The third kappa shape index (κ3) is 3.92. The van der Waals surface area contributed by atoms with Crippen molar-refractivity contribution in [1.29, 1.82) is 5.26 Å². The molecule has 4 nitrogen and oxygen atoms in total. The molecule has 0 fully saturated rings. The Bertz CT molecular complexity index is 691. The lowest BCUT2D eigenvalue weighted by molar-refractivity contribution is 0.267. The molecule has 0 saturated heterocycles. The van der Waals surface area contributed by atoms with Crippen LogP contribution < -0.4 is 0 Å². The van der Waals surface area contributed by atoms with Crippen LogP contribution in [-0.2, 0) is 20.1 Å². The molecule has 5 heteroatoms. The summed E-state index contributed by atoms with van der Waals surface area (Å²) in [4.78, 5) is 0. The van der Waals surface area contributed by atoms with Crippen LogP contribution in [0.15, 0.2) is 60.7 Å². The second kappa shape index (κ2) is 6.33. The van der Waals surface area contributed by atoms with Gasteiger partial charge in [-0.15, -0.1) is 0 Å². The van der Waals surface area contributed by atoms with Crippen LogP contribution in [0.4, 0.5) is 0 Å². The quantitative estimate of drug-likeness (QED) is 0.793. The lowest BCUT2D eigenvalue weighted by atomic mass is 10.1. The van der Waals surface area contributed by atoms with Crippen LogP contribution in [0.25, 0.3) is 0 Å². The van der Waals surface area contributed by atoms with E-state index in [2.05, 4.69) is 0 Å². The van der Waals surface area contributed by atoms with Gasteiger partial charge in [0.15, 0.2) is 6.10 Å². The Balaban J connectivity index is 2.13. The van der Waals surface area contributed by atoms with E-state index in [9.17, 15) is 8.42 Å². The van der Waals surface area contributed by atoms with Gasteiger partial charge in [0.1, 0.15) is 11.8 Å². The van der Waals surface area contributed by atoms with Crippen LogP contribution >= 0.6 is 0 Å². The van der Waals surface area contributed by atoms with Crippen molar-refractivity contribution in [3.05, 3.63) is 71.8 Å². The fraction of sp³-hybridized carbons (Fsp3) is 0.133. The summed E-state index contributed by atoms with van der Waals surface area (Å²) in [5, 5.41) is 9.07. The molecule has 0 bridgehead atoms. The highest BCUT2D eigenvalue weighted by molar-refractivity contribution is 7.85. The Morgan fingerprint density at radius 3 is 2.10 bits per heavy atom. The Hall–Kier alpha value is -2.16. The molecule has 0 spiro atoms. The molecule has 1 unspecified atom stereocenters. The molecule has 0 aliphatic heterocycles. The largest absolute Gasteiger partial charge is 0.273 e. The van der Waals surface area contributed by atoms with Crippen molar-refractivity contribution in [3.8, 4) is 6.07 Å². The second-order valence-electron chi connectivity index (χ2n) is 4.20. The lowest BCUT2D eigenvalue weighted by Gasteiger charge is -2.11. The molecule has 0 aromatic heterocycles. The van der Waals surface area contributed by atoms with Crippen molar-refractivity contribution in [2.75, 3.05) is 0 Å². The Labute approximate surface area is 118 Å². The molecule has 0 aliphatic rings. The van der Waals surface area contributed by atoms with E-state index in [1.807, 2.05) is 6.07 Å². The van der Waals surface area contributed by atoms with Gasteiger partial charge in [-0.1, -0.05) is 60.7 Å². The summed E-state index contributed by atoms with van der Waals surface area (Å²) in [5.41, 5.74) is 1.14. The maximum atomic E-state index is 12.0. The van der Waals surface area contributed by atoms with Crippen molar-refractivity contribution in [3.63, 3.8) is 0 Å². The standard InChI is InChI=1S/C15H13NO3S/c16-11-15(14-9-5-2-6-10-14)19-20(17,18)12-13-7-3-1-4-8-13/h1-10,15H,12H2. The van der Waals surface area contributed by atoms with Gasteiger partial charge < -0.3 is 0 Å². The number of rotatable bonds is 5. The van der Waals surface area contributed by atoms with Crippen LogP contribution in [0.2, 0.25) is 0 Å². The van der Waals surface area contributed by atoms with Crippen molar-refractivity contribution in [1.82, 2.24) is 0 Å². The average Bonchev–Trinajstić information content (AvgIpc) is 2.46. The molecule has 2 aromatic rings. The normalized spacial score (nSPS) is 12.6. The second-order valence-corrected chi connectivity index (χ2v) is 5.80. The van der Waals surface area contributed by atoms with Crippen molar-refractivity contribution in [2.24, 2.45) is 0 Å². The lowest BCUT2D eigenvalue weighted by Crippen LogP contribution is -2.13. The van der Waals surface area contributed by atoms with Gasteiger partial charge >= 0.3 is 0 Å². The molecule has 0 radical (unpaired) electrons. The van der Waals surface area contributed by atoms with Gasteiger partial charge in [0.25, 0.3) is 10.1 Å². The third-order valence-corrected chi connectivity index (χ3v) is 3.82. The minimum absolute atomic E-state index is 0.251. The van der Waals surface area contributed by atoms with Crippen LogP contribution in [0.3, 0.4) is 0 Å². The zero-order chi connectivity index (χ0) is 14.4. The molecule has 102 valence electrons. The highest BCUT2D eigenvalue weighted by atomic mass is 32.2. The molecule has 1 atom stereocenters. The Morgan fingerprint density at radius 2 is 1.55 bits per heavy atom. The number of nitrogens with zero attached hydrogens (tertiary/aromatic N) is 1. The van der Waals surface area contributed by atoms with E-state index in [1.54, 1.807) is 60.7 Å². The molecule has 2 aromatic carbocycles. The zero-order valence-corrected chi connectivity index (χ0v) is 11.5. The number of benzene rings is 2. The zero-order valence-electron chi connectivity index (χ0n) is 10.6. The Kier molecular flexibility index (Phi) is 4.51. The van der Waals surface area contributed by atoms with Crippen LogP contribution in [0, 0.1) is 11.3 Å². The van der Waals surface area contributed by atoms with Gasteiger partial charge in [-0.3, -0.25) is 0 Å². The molecule has 0 N–H and O–H groups in total. The van der Waals surface area contributed by atoms with Gasteiger partial charge in [0, 0.05) is 0 Å². The smallest absolute Gasteiger partial charge is 0.246 e. The van der Waals surface area contributed by atoms with Crippen molar-refractivity contribution >= 4 is 10.1 Å². The first-order valence-electron chi connectivity index (χ1n) is 6.00. The summed E-state index contributed by atoms with van der Waals surface area (Å²) >= 11 is 0. The van der Waals surface area contributed by atoms with Crippen LogP contribution in [-0.4, -0.2) is 8.42 Å². The van der Waals surface area contributed by atoms with Crippen LogP contribution in [0.5, 0.6) is 0 Å². The van der Waals surface area contributed by atoms with E-state index in [4.69, 9.17) is 9.44 Å². The van der Waals surface area contributed by atoms with Gasteiger partial charge in [0.05, 0.1) is 0 Å². The SMILES string of the molecule is N#CC(OS(=O)(=O)Cc1ccccc1)c1ccccc1. The van der Waals surface area contributed by atoms with Gasteiger partial charge in [-0.25, -0.2) is 4.18 Å². The number of nitriles is 1. The topological polar surface area (TPSA) is 67.2 Å². The predicted molar refractivity (Wildman–Crippen MR) is 74.9 cm³/mol.